The van der Waals surface area contributed by atoms with E-state index in [-0.39, 0.29) is 31.0 Å². The highest BCUT2D eigenvalue weighted by Crippen LogP contribution is 2.29. The van der Waals surface area contributed by atoms with Gasteiger partial charge in [-0.2, -0.15) is 0 Å². The fourth-order valence-electron chi connectivity index (χ4n) is 4.28. The number of hydrogen-bond acceptors (Lipinski definition) is 6. The Morgan fingerprint density at radius 2 is 1.65 bits per heavy atom. The van der Waals surface area contributed by atoms with Crippen molar-refractivity contribution in [3.05, 3.63) is 107 Å². The monoisotopic (exact) mass is 561 g/mol. The molecule has 9 heteroatoms. The highest BCUT2D eigenvalue weighted by atomic mass is 32.2. The summed E-state index contributed by atoms with van der Waals surface area (Å²) in [5, 5.41) is 12.1. The number of carbonyl (C=O) groups is 2. The number of ether oxygens (including phenoxy) is 1. The van der Waals surface area contributed by atoms with Crippen LogP contribution in [0.1, 0.15) is 33.7 Å². The number of benzene rings is 3. The van der Waals surface area contributed by atoms with Crippen LogP contribution in [-0.2, 0) is 32.6 Å². The quantitative estimate of drug-likeness (QED) is 0.242. The smallest absolute Gasteiger partial charge is 0.326 e. The molecule has 1 aromatic heterocycles. The van der Waals surface area contributed by atoms with Gasteiger partial charge in [0.1, 0.15) is 34.0 Å². The summed E-state index contributed by atoms with van der Waals surface area (Å²) in [6.07, 6.45) is 0.795. The number of aliphatic carboxylic acids is 1. The third-order valence-electron chi connectivity index (χ3n) is 6.38. The topological polar surface area (TPSA) is 123 Å². The van der Waals surface area contributed by atoms with Crippen molar-refractivity contribution in [3.8, 4) is 22.5 Å². The van der Waals surface area contributed by atoms with Crippen molar-refractivity contribution < 1.29 is 32.3 Å². The first kappa shape index (κ1) is 28.8. The molecule has 0 radical (unpaired) electrons. The molecule has 0 aliphatic heterocycles. The minimum Gasteiger partial charge on any atom is -0.480 e. The summed E-state index contributed by atoms with van der Waals surface area (Å²) in [5.41, 5.74) is 4.44. The second-order valence-electron chi connectivity index (χ2n) is 9.60. The average molecular weight is 562 g/mol. The Balaban J connectivity index is 1.52. The van der Waals surface area contributed by atoms with Gasteiger partial charge >= 0.3 is 5.97 Å². The molecule has 1 unspecified atom stereocenters. The van der Waals surface area contributed by atoms with Crippen LogP contribution in [0.25, 0.3) is 22.5 Å². The van der Waals surface area contributed by atoms with E-state index in [1.807, 2.05) is 79.7 Å². The number of sulfone groups is 1. The van der Waals surface area contributed by atoms with Crippen LogP contribution in [0, 0.1) is 6.92 Å². The Kier molecular flexibility index (Phi) is 9.19. The normalized spacial score (nSPS) is 12.2. The lowest BCUT2D eigenvalue weighted by atomic mass is 9.93. The molecule has 208 valence electrons. The van der Waals surface area contributed by atoms with E-state index in [9.17, 15) is 23.1 Å². The molecule has 1 heterocycles. The van der Waals surface area contributed by atoms with Gasteiger partial charge in [-0.25, -0.2) is 13.2 Å². The lowest BCUT2D eigenvalue weighted by Gasteiger charge is -2.17. The summed E-state index contributed by atoms with van der Waals surface area (Å²) in [6.45, 7) is 2.44. The van der Waals surface area contributed by atoms with Gasteiger partial charge in [0.15, 0.2) is 0 Å². The maximum Gasteiger partial charge on any atom is 0.326 e. The molecular formula is C31H31NO7S. The first-order valence-corrected chi connectivity index (χ1v) is 14.8. The van der Waals surface area contributed by atoms with Crippen LogP contribution < -0.4 is 5.32 Å². The molecule has 0 bridgehead atoms. The molecule has 0 saturated heterocycles. The minimum atomic E-state index is -3.39. The van der Waals surface area contributed by atoms with Crippen LogP contribution in [0.5, 0.6) is 0 Å². The zero-order valence-corrected chi connectivity index (χ0v) is 23.1. The molecule has 0 saturated carbocycles. The molecule has 4 rings (SSSR count). The number of hydrogen-bond donors (Lipinski definition) is 2. The van der Waals surface area contributed by atoms with Gasteiger partial charge in [0.25, 0.3) is 5.91 Å². The van der Waals surface area contributed by atoms with Crippen molar-refractivity contribution in [2.24, 2.45) is 0 Å². The van der Waals surface area contributed by atoms with Gasteiger partial charge in [-0.3, -0.25) is 4.79 Å². The molecule has 4 aromatic rings. The van der Waals surface area contributed by atoms with Crippen molar-refractivity contribution in [1.82, 2.24) is 5.32 Å². The Labute approximate surface area is 233 Å². The van der Waals surface area contributed by atoms with Gasteiger partial charge in [-0.05, 0) is 59.9 Å². The largest absolute Gasteiger partial charge is 0.480 e. The summed E-state index contributed by atoms with van der Waals surface area (Å²) in [4.78, 5) is 25.0. The van der Waals surface area contributed by atoms with E-state index >= 15 is 0 Å². The third-order valence-corrected chi connectivity index (χ3v) is 7.35. The highest BCUT2D eigenvalue weighted by Gasteiger charge is 2.24. The van der Waals surface area contributed by atoms with Crippen molar-refractivity contribution >= 4 is 21.7 Å². The molecule has 1 atom stereocenters. The summed E-state index contributed by atoms with van der Waals surface area (Å²) >= 11 is 0. The number of rotatable bonds is 12. The lowest BCUT2D eigenvalue weighted by molar-refractivity contribution is -0.139. The number of carbonyl (C=O) groups excluding carboxylic acids is 1. The Hall–Kier alpha value is -4.21. The van der Waals surface area contributed by atoms with Crippen LogP contribution >= 0.6 is 0 Å². The van der Waals surface area contributed by atoms with E-state index in [4.69, 9.17) is 9.15 Å². The summed E-state index contributed by atoms with van der Waals surface area (Å²) in [7, 11) is -3.39. The zero-order valence-electron chi connectivity index (χ0n) is 22.3. The molecule has 3 aromatic carbocycles. The van der Waals surface area contributed by atoms with E-state index in [2.05, 4.69) is 5.32 Å². The molecule has 2 N–H and O–H groups in total. The van der Waals surface area contributed by atoms with Crippen LogP contribution in [-0.4, -0.2) is 43.5 Å². The highest BCUT2D eigenvalue weighted by molar-refractivity contribution is 7.90. The predicted molar refractivity (Wildman–Crippen MR) is 152 cm³/mol. The van der Waals surface area contributed by atoms with Gasteiger partial charge in [-0.15, -0.1) is 0 Å². The van der Waals surface area contributed by atoms with Gasteiger partial charge in [0, 0.05) is 17.4 Å². The first-order chi connectivity index (χ1) is 19.1. The molecule has 0 fully saturated rings. The molecular weight excluding hydrogens is 530 g/mol. The van der Waals surface area contributed by atoms with Crippen molar-refractivity contribution in [2.75, 3.05) is 12.0 Å². The molecule has 0 aliphatic rings. The molecule has 8 nitrogen and oxygen atoms in total. The van der Waals surface area contributed by atoms with E-state index < -0.39 is 27.8 Å². The van der Waals surface area contributed by atoms with E-state index in [1.54, 1.807) is 12.1 Å². The summed E-state index contributed by atoms with van der Waals surface area (Å²) < 4.78 is 34.9. The SMILES string of the molecule is Cc1ccccc1-c1cc(COCc2ccc(-c3ccccc3)o2)ccc1C(=O)NC(CCS(C)(=O)=O)C(=O)O. The maximum atomic E-state index is 13.3. The summed E-state index contributed by atoms with van der Waals surface area (Å²) in [5.74, 6) is -0.813. The van der Waals surface area contributed by atoms with E-state index in [1.165, 1.54) is 0 Å². The number of carboxylic acid groups (broad SMARTS) is 1. The second kappa shape index (κ2) is 12.8. The van der Waals surface area contributed by atoms with Crippen LogP contribution in [0.2, 0.25) is 0 Å². The predicted octanol–water partition coefficient (Wildman–Crippen LogP) is 5.26. The van der Waals surface area contributed by atoms with Crippen molar-refractivity contribution in [2.45, 2.75) is 32.6 Å². The minimum absolute atomic E-state index is 0.232. The molecule has 40 heavy (non-hydrogen) atoms. The fourth-order valence-corrected chi connectivity index (χ4v) is 4.95. The standard InChI is InChI=1S/C31H31NO7S/c1-21-8-6-7-11-25(21)27-18-22(19-38-20-24-13-15-29(39-24)23-9-4-3-5-10-23)12-14-26(27)30(33)32-28(31(34)35)16-17-40(2,36)37/h3-15,18,28H,16-17,19-20H2,1-2H3,(H,32,33)(H,34,35). The number of nitrogens with one attached hydrogen (secondary N) is 1. The Morgan fingerprint density at radius 1 is 0.925 bits per heavy atom. The summed E-state index contributed by atoms with van der Waals surface area (Å²) in [6, 6.07) is 25.0. The lowest BCUT2D eigenvalue weighted by Crippen LogP contribution is -2.42. The van der Waals surface area contributed by atoms with Gasteiger partial charge in [-0.1, -0.05) is 60.7 Å². The van der Waals surface area contributed by atoms with Crippen LogP contribution in [0.3, 0.4) is 0 Å². The number of carboxylic acids is 1. The third kappa shape index (κ3) is 7.68. The molecule has 0 spiro atoms. The van der Waals surface area contributed by atoms with Gasteiger partial charge in [0.2, 0.25) is 0 Å². The van der Waals surface area contributed by atoms with E-state index in [0.717, 1.165) is 34.3 Å². The van der Waals surface area contributed by atoms with Crippen LogP contribution in [0.15, 0.2) is 89.3 Å². The van der Waals surface area contributed by atoms with Crippen LogP contribution in [0.4, 0.5) is 0 Å². The fraction of sp³-hybridized carbons (Fsp3) is 0.226. The zero-order chi connectivity index (χ0) is 28.7. The van der Waals surface area contributed by atoms with Crippen molar-refractivity contribution in [3.63, 3.8) is 0 Å². The average Bonchev–Trinajstić information content (AvgIpc) is 3.40. The number of furan rings is 1. The Morgan fingerprint density at radius 3 is 2.35 bits per heavy atom. The molecule has 0 aliphatic carbocycles. The van der Waals surface area contributed by atoms with Crippen molar-refractivity contribution in [1.29, 1.82) is 0 Å². The van der Waals surface area contributed by atoms with E-state index in [0.29, 0.717) is 11.3 Å². The van der Waals surface area contributed by atoms with Gasteiger partial charge in [0.05, 0.1) is 12.4 Å². The number of amides is 1. The number of aryl methyl sites for hydroxylation is 1. The van der Waals surface area contributed by atoms with Gasteiger partial charge < -0.3 is 19.6 Å². The molecule has 1 amide bonds. The maximum absolute atomic E-state index is 13.3. The first-order valence-electron chi connectivity index (χ1n) is 12.7. The Bertz CT molecular complexity index is 1590. The second-order valence-corrected chi connectivity index (χ2v) is 11.9.